The maximum atomic E-state index is 11.7. The molecular formula is C12H14O4S. The third kappa shape index (κ3) is 4.11. The van der Waals surface area contributed by atoms with Gasteiger partial charge in [-0.15, -0.1) is 0 Å². The van der Waals surface area contributed by atoms with Crippen molar-refractivity contribution in [1.82, 2.24) is 0 Å². The largest absolute Gasteiger partial charge is 0.466 e. The second-order valence-electron chi connectivity index (χ2n) is 3.24. The number of carbonyl (C=O) groups excluding carboxylic acids is 2. The highest BCUT2D eigenvalue weighted by Crippen LogP contribution is 2.08. The van der Waals surface area contributed by atoms with Crippen LogP contribution < -0.4 is 0 Å². The van der Waals surface area contributed by atoms with E-state index >= 15 is 0 Å². The van der Waals surface area contributed by atoms with Gasteiger partial charge in [-0.25, -0.2) is 9.59 Å². The summed E-state index contributed by atoms with van der Waals surface area (Å²) < 4.78 is 9.67. The number of carbonyl (C=O) groups is 2. The van der Waals surface area contributed by atoms with Crippen LogP contribution in [0.25, 0.3) is 0 Å². The highest BCUT2D eigenvalue weighted by molar-refractivity contribution is 7.98. The van der Waals surface area contributed by atoms with Gasteiger partial charge in [0.25, 0.3) is 0 Å². The molecule has 1 aromatic rings. The van der Waals surface area contributed by atoms with Crippen molar-refractivity contribution in [3.8, 4) is 0 Å². The molecule has 0 amide bonds. The second-order valence-corrected chi connectivity index (χ2v) is 4.15. The van der Waals surface area contributed by atoms with E-state index < -0.39 is 18.0 Å². The third-order valence-electron chi connectivity index (χ3n) is 2.04. The van der Waals surface area contributed by atoms with Crippen LogP contribution in [-0.2, 0) is 14.3 Å². The summed E-state index contributed by atoms with van der Waals surface area (Å²) in [4.78, 5) is 23.1. The van der Waals surface area contributed by atoms with Gasteiger partial charge >= 0.3 is 11.9 Å². The minimum absolute atomic E-state index is 0.380. The maximum absolute atomic E-state index is 11.7. The Kier molecular flexibility index (Phi) is 5.56. The molecule has 0 fully saturated rings. The van der Waals surface area contributed by atoms with Crippen molar-refractivity contribution in [3.05, 3.63) is 35.9 Å². The van der Waals surface area contributed by atoms with Crippen LogP contribution >= 0.6 is 11.8 Å². The number of methoxy groups -OCH3 is 1. The highest BCUT2D eigenvalue weighted by atomic mass is 32.2. The Morgan fingerprint density at radius 2 is 1.94 bits per heavy atom. The van der Waals surface area contributed by atoms with Crippen molar-refractivity contribution in [3.63, 3.8) is 0 Å². The van der Waals surface area contributed by atoms with Crippen LogP contribution in [0.5, 0.6) is 0 Å². The fraction of sp³-hybridized carbons (Fsp3) is 0.333. The van der Waals surface area contributed by atoms with Gasteiger partial charge in [0.05, 0.1) is 12.7 Å². The van der Waals surface area contributed by atoms with E-state index in [0.717, 1.165) is 0 Å². The number of ether oxygens (including phenoxy) is 2. The standard InChI is InChI=1S/C12H14O4S/c1-15-12(14)10(8-17-2)16-11(13)9-6-4-3-5-7-9/h3-7,10H,8H2,1-2H3. The lowest BCUT2D eigenvalue weighted by atomic mass is 10.2. The number of benzene rings is 1. The van der Waals surface area contributed by atoms with E-state index in [1.54, 1.807) is 30.3 Å². The van der Waals surface area contributed by atoms with E-state index in [1.165, 1.54) is 18.9 Å². The summed E-state index contributed by atoms with van der Waals surface area (Å²) in [6.45, 7) is 0. The van der Waals surface area contributed by atoms with Crippen molar-refractivity contribution in [2.24, 2.45) is 0 Å². The van der Waals surface area contributed by atoms with Crippen molar-refractivity contribution in [1.29, 1.82) is 0 Å². The van der Waals surface area contributed by atoms with E-state index in [9.17, 15) is 9.59 Å². The summed E-state index contributed by atoms with van der Waals surface area (Å²) >= 11 is 1.41. The lowest BCUT2D eigenvalue weighted by molar-refractivity contribution is -0.149. The average Bonchev–Trinajstić information content (AvgIpc) is 2.38. The normalized spacial score (nSPS) is 11.6. The lowest BCUT2D eigenvalue weighted by Crippen LogP contribution is -2.30. The van der Waals surface area contributed by atoms with Crippen molar-refractivity contribution in [2.75, 3.05) is 19.1 Å². The Balaban J connectivity index is 2.67. The fourth-order valence-electron chi connectivity index (χ4n) is 1.20. The van der Waals surface area contributed by atoms with Crippen LogP contribution in [0.1, 0.15) is 10.4 Å². The summed E-state index contributed by atoms with van der Waals surface area (Å²) in [6, 6.07) is 8.54. The zero-order valence-corrected chi connectivity index (χ0v) is 10.5. The van der Waals surface area contributed by atoms with E-state index in [-0.39, 0.29) is 0 Å². The molecule has 0 spiro atoms. The Morgan fingerprint density at radius 1 is 1.29 bits per heavy atom. The molecule has 0 aliphatic heterocycles. The molecule has 5 heteroatoms. The SMILES string of the molecule is COC(=O)C(CSC)OC(=O)c1ccccc1. The van der Waals surface area contributed by atoms with Crippen LogP contribution in [0, 0.1) is 0 Å². The molecule has 0 radical (unpaired) electrons. The first-order valence-electron chi connectivity index (χ1n) is 5.01. The van der Waals surface area contributed by atoms with Crippen LogP contribution in [-0.4, -0.2) is 37.2 Å². The number of thioether (sulfide) groups is 1. The Bertz CT molecular complexity index is 377. The summed E-state index contributed by atoms with van der Waals surface area (Å²) in [5.41, 5.74) is 0.419. The number of rotatable bonds is 5. The molecular weight excluding hydrogens is 240 g/mol. The number of esters is 2. The van der Waals surface area contributed by atoms with Gasteiger partial charge in [0.15, 0.2) is 0 Å². The average molecular weight is 254 g/mol. The topological polar surface area (TPSA) is 52.6 Å². The van der Waals surface area contributed by atoms with Gasteiger partial charge < -0.3 is 9.47 Å². The molecule has 92 valence electrons. The number of hydrogen-bond donors (Lipinski definition) is 0. The molecule has 0 saturated carbocycles. The van der Waals surface area contributed by atoms with Gasteiger partial charge in [-0.2, -0.15) is 11.8 Å². The Labute approximate surface area is 104 Å². The molecule has 17 heavy (non-hydrogen) atoms. The van der Waals surface area contributed by atoms with Crippen molar-refractivity contribution >= 4 is 23.7 Å². The first-order chi connectivity index (χ1) is 8.19. The molecule has 1 aromatic carbocycles. The Hall–Kier alpha value is -1.49. The van der Waals surface area contributed by atoms with E-state index in [2.05, 4.69) is 4.74 Å². The number of hydrogen-bond acceptors (Lipinski definition) is 5. The summed E-state index contributed by atoms with van der Waals surface area (Å²) in [5, 5.41) is 0. The summed E-state index contributed by atoms with van der Waals surface area (Å²) in [6.07, 6.45) is 0.967. The molecule has 1 unspecified atom stereocenters. The van der Waals surface area contributed by atoms with Crippen LogP contribution in [0.2, 0.25) is 0 Å². The van der Waals surface area contributed by atoms with E-state index in [4.69, 9.17) is 4.74 Å². The molecule has 1 rings (SSSR count). The lowest BCUT2D eigenvalue weighted by Gasteiger charge is -2.14. The van der Waals surface area contributed by atoms with Crippen LogP contribution in [0.3, 0.4) is 0 Å². The predicted octanol–water partition coefficient (Wildman–Crippen LogP) is 1.75. The molecule has 1 atom stereocenters. The minimum atomic E-state index is -0.859. The van der Waals surface area contributed by atoms with E-state index in [1.807, 2.05) is 6.26 Å². The fourth-order valence-corrected chi connectivity index (χ4v) is 1.71. The maximum Gasteiger partial charge on any atom is 0.348 e. The van der Waals surface area contributed by atoms with Gasteiger partial charge in [-0.05, 0) is 18.4 Å². The van der Waals surface area contributed by atoms with Gasteiger partial charge in [-0.1, -0.05) is 18.2 Å². The van der Waals surface area contributed by atoms with Gasteiger partial charge in [0.2, 0.25) is 6.10 Å². The monoisotopic (exact) mass is 254 g/mol. The predicted molar refractivity (Wildman–Crippen MR) is 66.0 cm³/mol. The molecule has 0 aromatic heterocycles. The molecule has 0 heterocycles. The first-order valence-corrected chi connectivity index (χ1v) is 6.41. The second kappa shape index (κ2) is 6.96. The van der Waals surface area contributed by atoms with E-state index in [0.29, 0.717) is 11.3 Å². The summed E-state index contributed by atoms with van der Waals surface area (Å²) in [5.74, 6) is -0.677. The zero-order chi connectivity index (χ0) is 12.7. The van der Waals surface area contributed by atoms with Gasteiger partial charge in [0, 0.05) is 5.75 Å². The van der Waals surface area contributed by atoms with Crippen molar-refractivity contribution in [2.45, 2.75) is 6.10 Å². The highest BCUT2D eigenvalue weighted by Gasteiger charge is 2.23. The molecule has 0 saturated heterocycles. The first kappa shape index (κ1) is 13.6. The molecule has 0 bridgehead atoms. The summed E-state index contributed by atoms with van der Waals surface area (Å²) in [7, 11) is 1.27. The molecule has 0 aliphatic carbocycles. The quantitative estimate of drug-likeness (QED) is 0.749. The smallest absolute Gasteiger partial charge is 0.348 e. The Morgan fingerprint density at radius 3 is 2.47 bits per heavy atom. The molecule has 4 nitrogen and oxygen atoms in total. The molecule has 0 N–H and O–H groups in total. The van der Waals surface area contributed by atoms with Gasteiger partial charge in [0.1, 0.15) is 0 Å². The van der Waals surface area contributed by atoms with Gasteiger partial charge in [-0.3, -0.25) is 0 Å². The van der Waals surface area contributed by atoms with Crippen LogP contribution in [0.4, 0.5) is 0 Å². The van der Waals surface area contributed by atoms with Crippen LogP contribution in [0.15, 0.2) is 30.3 Å². The zero-order valence-electron chi connectivity index (χ0n) is 9.71. The molecule has 0 aliphatic rings. The third-order valence-corrected chi connectivity index (χ3v) is 2.68. The minimum Gasteiger partial charge on any atom is -0.466 e. The van der Waals surface area contributed by atoms with Crippen molar-refractivity contribution < 1.29 is 19.1 Å².